The molecule has 0 aliphatic carbocycles. The number of aromatic nitrogens is 5. The van der Waals surface area contributed by atoms with E-state index >= 15 is 0 Å². The molecule has 0 saturated carbocycles. The summed E-state index contributed by atoms with van der Waals surface area (Å²) < 4.78 is 4.31. The van der Waals surface area contributed by atoms with Crippen LogP contribution in [0.25, 0.3) is 22.4 Å². The second kappa shape index (κ2) is 8.62. The number of anilines is 1. The van der Waals surface area contributed by atoms with E-state index in [9.17, 15) is 9.59 Å². The Kier molecular flexibility index (Phi) is 5.49. The number of nitrogens with zero attached hydrogens (tertiary/aromatic N) is 5. The lowest BCUT2D eigenvalue weighted by Gasteiger charge is -2.05. The maximum atomic E-state index is 12.9. The average molecular weight is 455 g/mol. The number of carbonyl (C=O) groups excluding carboxylic acids is 1. The molecule has 34 heavy (non-hydrogen) atoms. The summed E-state index contributed by atoms with van der Waals surface area (Å²) in [4.78, 5) is 25.4. The molecule has 3 aromatic heterocycles. The standard InChI is InChI=1S/C26H26N6O2/c1-4-18-5-11-21(12-6-18)27-24(33)16-32-26(34)30-13-14-31-23(25(30)29-32)15-22(28-31)20-9-7-19(8-10-20)17(2)3/h5-15,17H,4,16H2,1-3H3,(H,27,33). The molecule has 5 rings (SSSR count). The lowest BCUT2D eigenvalue weighted by atomic mass is 10.0. The highest BCUT2D eigenvalue weighted by Gasteiger charge is 2.15. The van der Waals surface area contributed by atoms with Crippen LogP contribution >= 0.6 is 0 Å². The highest BCUT2D eigenvalue weighted by atomic mass is 16.2. The molecule has 0 saturated heterocycles. The molecule has 8 nitrogen and oxygen atoms in total. The van der Waals surface area contributed by atoms with Gasteiger partial charge in [0.15, 0.2) is 5.65 Å². The monoisotopic (exact) mass is 454 g/mol. The maximum absolute atomic E-state index is 12.9. The van der Waals surface area contributed by atoms with Crippen LogP contribution in [0.1, 0.15) is 37.8 Å². The minimum atomic E-state index is -0.377. The fourth-order valence-electron chi connectivity index (χ4n) is 3.98. The molecule has 1 N–H and O–H groups in total. The van der Waals surface area contributed by atoms with Crippen LogP contribution in [0.3, 0.4) is 0 Å². The quantitative estimate of drug-likeness (QED) is 0.418. The summed E-state index contributed by atoms with van der Waals surface area (Å²) in [5.41, 5.74) is 5.68. The molecule has 5 aromatic rings. The average Bonchev–Trinajstić information content (AvgIpc) is 3.41. The van der Waals surface area contributed by atoms with Gasteiger partial charge in [-0.1, -0.05) is 57.2 Å². The van der Waals surface area contributed by atoms with E-state index in [1.54, 1.807) is 16.9 Å². The Morgan fingerprint density at radius 2 is 1.74 bits per heavy atom. The van der Waals surface area contributed by atoms with Crippen LogP contribution in [-0.2, 0) is 17.8 Å². The van der Waals surface area contributed by atoms with Gasteiger partial charge in [0, 0.05) is 23.6 Å². The highest BCUT2D eigenvalue weighted by molar-refractivity contribution is 5.90. The van der Waals surface area contributed by atoms with Crippen LogP contribution in [0.2, 0.25) is 0 Å². The second-order valence-electron chi connectivity index (χ2n) is 8.67. The smallest absolute Gasteiger partial charge is 0.324 e. The van der Waals surface area contributed by atoms with Crippen molar-refractivity contribution in [2.75, 3.05) is 5.32 Å². The van der Waals surface area contributed by atoms with Crippen molar-refractivity contribution in [3.05, 3.63) is 88.6 Å². The minimum Gasteiger partial charge on any atom is -0.324 e. The molecule has 172 valence electrons. The molecule has 0 aliphatic rings. The third-order valence-corrected chi connectivity index (χ3v) is 6.00. The van der Waals surface area contributed by atoms with Crippen LogP contribution < -0.4 is 11.0 Å². The molecule has 0 fully saturated rings. The minimum absolute atomic E-state index is 0.181. The van der Waals surface area contributed by atoms with Crippen molar-refractivity contribution in [3.63, 3.8) is 0 Å². The second-order valence-corrected chi connectivity index (χ2v) is 8.67. The fourth-order valence-corrected chi connectivity index (χ4v) is 3.98. The predicted molar refractivity (Wildman–Crippen MR) is 132 cm³/mol. The van der Waals surface area contributed by atoms with Gasteiger partial charge in [0.2, 0.25) is 5.91 Å². The first-order chi connectivity index (χ1) is 16.4. The van der Waals surface area contributed by atoms with Crippen molar-refractivity contribution in [3.8, 4) is 11.3 Å². The normalized spacial score (nSPS) is 11.5. The summed E-state index contributed by atoms with van der Waals surface area (Å²) in [5, 5.41) is 11.9. The first-order valence-corrected chi connectivity index (χ1v) is 11.4. The Morgan fingerprint density at radius 3 is 2.41 bits per heavy atom. The van der Waals surface area contributed by atoms with E-state index < -0.39 is 0 Å². The summed E-state index contributed by atoms with van der Waals surface area (Å²) in [5.74, 6) is 0.142. The molecular formula is C26H26N6O2. The molecule has 2 aromatic carbocycles. The molecular weight excluding hydrogens is 428 g/mol. The topological polar surface area (TPSA) is 85.7 Å². The van der Waals surface area contributed by atoms with Crippen molar-refractivity contribution in [1.29, 1.82) is 0 Å². The van der Waals surface area contributed by atoms with Gasteiger partial charge in [0.25, 0.3) is 0 Å². The number of amides is 1. The van der Waals surface area contributed by atoms with E-state index in [0.29, 0.717) is 22.8 Å². The van der Waals surface area contributed by atoms with Gasteiger partial charge in [-0.15, -0.1) is 5.10 Å². The van der Waals surface area contributed by atoms with Crippen molar-refractivity contribution >= 4 is 22.8 Å². The van der Waals surface area contributed by atoms with Gasteiger partial charge in [-0.05, 0) is 41.7 Å². The van der Waals surface area contributed by atoms with Gasteiger partial charge in [-0.3, -0.25) is 4.79 Å². The maximum Gasteiger partial charge on any atom is 0.350 e. The van der Waals surface area contributed by atoms with Crippen LogP contribution in [0.5, 0.6) is 0 Å². The van der Waals surface area contributed by atoms with Crippen LogP contribution in [-0.4, -0.2) is 29.7 Å². The molecule has 1 amide bonds. The van der Waals surface area contributed by atoms with Crippen molar-refractivity contribution < 1.29 is 4.79 Å². The number of fused-ring (bicyclic) bond motifs is 3. The van der Waals surface area contributed by atoms with Crippen molar-refractivity contribution in [1.82, 2.24) is 23.8 Å². The molecule has 0 spiro atoms. The number of carbonyl (C=O) groups is 1. The number of hydrogen-bond donors (Lipinski definition) is 1. The number of hydrogen-bond acceptors (Lipinski definition) is 4. The third-order valence-electron chi connectivity index (χ3n) is 6.00. The first-order valence-electron chi connectivity index (χ1n) is 11.4. The fraction of sp³-hybridized carbons (Fsp3) is 0.231. The Hall–Kier alpha value is -4.20. The molecule has 3 heterocycles. The van der Waals surface area contributed by atoms with Gasteiger partial charge >= 0.3 is 5.69 Å². The van der Waals surface area contributed by atoms with E-state index in [1.807, 2.05) is 30.3 Å². The first kappa shape index (κ1) is 21.6. The predicted octanol–water partition coefficient (Wildman–Crippen LogP) is 4.14. The Labute approximate surface area is 196 Å². The van der Waals surface area contributed by atoms with E-state index in [1.165, 1.54) is 20.2 Å². The summed E-state index contributed by atoms with van der Waals surface area (Å²) in [7, 11) is 0. The van der Waals surface area contributed by atoms with Crippen LogP contribution in [0, 0.1) is 0 Å². The number of aryl methyl sites for hydroxylation is 1. The lowest BCUT2D eigenvalue weighted by Crippen LogP contribution is -2.28. The number of benzene rings is 2. The molecule has 0 unspecified atom stereocenters. The van der Waals surface area contributed by atoms with Crippen LogP contribution in [0.15, 0.2) is 71.8 Å². The zero-order valence-corrected chi connectivity index (χ0v) is 19.4. The Bertz CT molecular complexity index is 1540. The van der Waals surface area contributed by atoms with E-state index in [4.69, 9.17) is 0 Å². The molecule has 0 radical (unpaired) electrons. The van der Waals surface area contributed by atoms with Gasteiger partial charge in [0.1, 0.15) is 12.1 Å². The summed E-state index contributed by atoms with van der Waals surface area (Å²) in [6, 6.07) is 17.9. The van der Waals surface area contributed by atoms with Crippen LogP contribution in [0.4, 0.5) is 5.69 Å². The summed E-state index contributed by atoms with van der Waals surface area (Å²) in [6.45, 7) is 6.21. The van der Waals surface area contributed by atoms with E-state index in [0.717, 1.165) is 17.7 Å². The molecule has 8 heteroatoms. The Balaban J connectivity index is 1.44. The lowest BCUT2D eigenvalue weighted by molar-refractivity contribution is -0.117. The molecule has 0 atom stereocenters. The number of rotatable bonds is 6. The largest absolute Gasteiger partial charge is 0.350 e. The van der Waals surface area contributed by atoms with Gasteiger partial charge in [-0.25, -0.2) is 18.4 Å². The number of nitrogens with one attached hydrogen (secondary N) is 1. The van der Waals surface area contributed by atoms with Crippen molar-refractivity contribution in [2.45, 2.75) is 39.7 Å². The zero-order valence-electron chi connectivity index (χ0n) is 19.4. The zero-order chi connectivity index (χ0) is 23.8. The van der Waals surface area contributed by atoms with Gasteiger partial charge in [0.05, 0.1) is 5.69 Å². The molecule has 0 aliphatic heterocycles. The third kappa shape index (κ3) is 3.98. The summed E-state index contributed by atoms with van der Waals surface area (Å²) in [6.07, 6.45) is 4.27. The SMILES string of the molecule is CCc1ccc(NC(=O)Cn2nc3c4cc(-c5ccc(C(C)C)cc5)nn4ccn3c2=O)cc1. The van der Waals surface area contributed by atoms with Gasteiger partial charge < -0.3 is 5.32 Å². The van der Waals surface area contributed by atoms with Gasteiger partial charge in [-0.2, -0.15) is 5.10 Å². The van der Waals surface area contributed by atoms with E-state index in [2.05, 4.69) is 60.6 Å². The summed E-state index contributed by atoms with van der Waals surface area (Å²) >= 11 is 0. The highest BCUT2D eigenvalue weighted by Crippen LogP contribution is 2.24. The van der Waals surface area contributed by atoms with Crippen molar-refractivity contribution in [2.24, 2.45) is 0 Å². The van der Waals surface area contributed by atoms with E-state index in [-0.39, 0.29) is 18.1 Å². The molecule has 0 bridgehead atoms. The Morgan fingerprint density at radius 1 is 1.00 bits per heavy atom.